The first kappa shape index (κ1) is 18.9. The van der Waals surface area contributed by atoms with E-state index in [4.69, 9.17) is 9.47 Å². The minimum Gasteiger partial charge on any atom is -0.376 e. The van der Waals surface area contributed by atoms with E-state index in [1.165, 1.54) is 20.2 Å². The molecular formula is C16H24N2O5S. The maximum absolute atomic E-state index is 12.3. The molecule has 24 heavy (non-hydrogen) atoms. The first-order valence-electron chi connectivity index (χ1n) is 7.88. The van der Waals surface area contributed by atoms with Gasteiger partial charge in [0.25, 0.3) is 5.91 Å². The molecule has 1 N–H and O–H groups in total. The molecule has 7 nitrogen and oxygen atoms in total. The molecule has 1 amide bonds. The van der Waals surface area contributed by atoms with E-state index in [2.05, 4.69) is 5.32 Å². The second-order valence-corrected chi connectivity index (χ2v) is 8.00. The Morgan fingerprint density at radius 3 is 2.75 bits per heavy atom. The van der Waals surface area contributed by atoms with Crippen molar-refractivity contribution in [3.63, 3.8) is 0 Å². The van der Waals surface area contributed by atoms with Gasteiger partial charge in [0.1, 0.15) is 11.0 Å². The third kappa shape index (κ3) is 4.54. The van der Waals surface area contributed by atoms with Gasteiger partial charge in [-0.2, -0.15) is 0 Å². The number of carbonyl (C=O) groups excluding carboxylic acids is 1. The van der Waals surface area contributed by atoms with Crippen molar-refractivity contribution in [3.05, 3.63) is 24.3 Å². The Morgan fingerprint density at radius 2 is 2.12 bits per heavy atom. The lowest BCUT2D eigenvalue weighted by Gasteiger charge is -2.18. The van der Waals surface area contributed by atoms with Crippen molar-refractivity contribution >= 4 is 21.6 Å². The molecule has 1 heterocycles. The van der Waals surface area contributed by atoms with Crippen molar-refractivity contribution in [1.82, 2.24) is 4.31 Å². The predicted octanol–water partition coefficient (Wildman–Crippen LogP) is 1.46. The third-order valence-corrected chi connectivity index (χ3v) is 5.70. The van der Waals surface area contributed by atoms with Crippen LogP contribution in [0.1, 0.15) is 19.8 Å². The molecule has 8 heteroatoms. The summed E-state index contributed by atoms with van der Waals surface area (Å²) in [6.07, 6.45) is 1.26. The third-order valence-electron chi connectivity index (χ3n) is 3.83. The molecular weight excluding hydrogens is 332 g/mol. The summed E-state index contributed by atoms with van der Waals surface area (Å²) in [5.41, 5.74) is 0.240. The summed E-state index contributed by atoms with van der Waals surface area (Å²) in [6.45, 7) is 2.71. The highest BCUT2D eigenvalue weighted by Gasteiger charge is 2.24. The molecule has 2 unspecified atom stereocenters. The van der Waals surface area contributed by atoms with Crippen LogP contribution in [0.4, 0.5) is 5.69 Å². The van der Waals surface area contributed by atoms with Gasteiger partial charge in [0.05, 0.1) is 18.4 Å². The van der Waals surface area contributed by atoms with Gasteiger partial charge in [-0.05, 0) is 31.9 Å². The van der Waals surface area contributed by atoms with Crippen LogP contribution in [0.2, 0.25) is 0 Å². The predicted molar refractivity (Wildman–Crippen MR) is 90.3 cm³/mol. The Morgan fingerprint density at radius 1 is 1.42 bits per heavy atom. The number of nitrogens with zero attached hydrogens (tertiary/aromatic N) is 1. The van der Waals surface area contributed by atoms with E-state index in [-0.39, 0.29) is 16.7 Å². The Labute approximate surface area is 143 Å². The summed E-state index contributed by atoms with van der Waals surface area (Å²) in [4.78, 5) is 12.3. The molecule has 0 saturated carbocycles. The number of rotatable bonds is 7. The smallest absolute Gasteiger partial charge is 0.253 e. The summed E-state index contributed by atoms with van der Waals surface area (Å²) >= 11 is 0. The average Bonchev–Trinajstić information content (AvgIpc) is 3.06. The van der Waals surface area contributed by atoms with E-state index in [1.54, 1.807) is 25.1 Å². The highest BCUT2D eigenvalue weighted by Crippen LogP contribution is 2.23. The quantitative estimate of drug-likeness (QED) is 0.799. The summed E-state index contributed by atoms with van der Waals surface area (Å²) in [6, 6.07) is 6.30. The van der Waals surface area contributed by atoms with Crippen LogP contribution >= 0.6 is 0 Å². The number of sulfonamides is 1. The van der Waals surface area contributed by atoms with E-state index >= 15 is 0 Å². The van der Waals surface area contributed by atoms with Crippen LogP contribution in [-0.4, -0.2) is 58.1 Å². The zero-order chi connectivity index (χ0) is 17.7. The second-order valence-electron chi connectivity index (χ2n) is 5.88. The molecule has 1 fully saturated rings. The Bertz CT molecular complexity index is 669. The van der Waals surface area contributed by atoms with Crippen molar-refractivity contribution in [3.8, 4) is 0 Å². The zero-order valence-corrected chi connectivity index (χ0v) is 15.0. The first-order chi connectivity index (χ1) is 11.3. The largest absolute Gasteiger partial charge is 0.376 e. The average molecular weight is 356 g/mol. The van der Waals surface area contributed by atoms with Gasteiger partial charge in [-0.3, -0.25) is 4.79 Å². The first-order valence-corrected chi connectivity index (χ1v) is 9.32. The molecule has 1 aliphatic rings. The summed E-state index contributed by atoms with van der Waals surface area (Å²) < 4.78 is 36.8. The fraction of sp³-hybridized carbons (Fsp3) is 0.562. The van der Waals surface area contributed by atoms with Crippen LogP contribution in [0.3, 0.4) is 0 Å². The molecule has 1 aromatic rings. The molecule has 0 radical (unpaired) electrons. The van der Waals surface area contributed by atoms with Gasteiger partial charge in [0.15, 0.2) is 0 Å². The fourth-order valence-corrected chi connectivity index (χ4v) is 3.37. The minimum absolute atomic E-state index is 0.0293. The molecule has 2 rings (SSSR count). The van der Waals surface area contributed by atoms with Crippen LogP contribution in [0.5, 0.6) is 0 Å². The Balaban J connectivity index is 2.03. The fourth-order valence-electron chi connectivity index (χ4n) is 2.33. The van der Waals surface area contributed by atoms with Crippen LogP contribution in [0.15, 0.2) is 29.2 Å². The second kappa shape index (κ2) is 8.06. The number of carbonyl (C=O) groups is 1. The van der Waals surface area contributed by atoms with Crippen LogP contribution in [0.25, 0.3) is 0 Å². The summed E-state index contributed by atoms with van der Waals surface area (Å²) in [5, 5.41) is 2.64. The van der Waals surface area contributed by atoms with E-state index < -0.39 is 22.0 Å². The van der Waals surface area contributed by atoms with Crippen molar-refractivity contribution in [2.24, 2.45) is 0 Å². The normalized spacial score (nSPS) is 19.4. The van der Waals surface area contributed by atoms with E-state index in [0.717, 1.165) is 23.8 Å². The van der Waals surface area contributed by atoms with E-state index in [9.17, 15) is 13.2 Å². The monoisotopic (exact) mass is 356 g/mol. The lowest BCUT2D eigenvalue weighted by Crippen LogP contribution is -2.31. The molecule has 134 valence electrons. The van der Waals surface area contributed by atoms with Crippen molar-refractivity contribution in [2.75, 3.05) is 32.6 Å². The van der Waals surface area contributed by atoms with E-state index in [1.807, 2.05) is 0 Å². The Hall–Kier alpha value is -1.48. The molecule has 1 aromatic carbocycles. The van der Waals surface area contributed by atoms with Crippen LogP contribution < -0.4 is 5.32 Å². The van der Waals surface area contributed by atoms with Gasteiger partial charge >= 0.3 is 0 Å². The highest BCUT2D eigenvalue weighted by molar-refractivity contribution is 7.89. The number of amides is 1. The molecule has 0 aliphatic carbocycles. The van der Waals surface area contributed by atoms with E-state index in [0.29, 0.717) is 6.61 Å². The van der Waals surface area contributed by atoms with Gasteiger partial charge in [0.2, 0.25) is 10.0 Å². The van der Waals surface area contributed by atoms with Gasteiger partial charge in [0, 0.05) is 20.7 Å². The van der Waals surface area contributed by atoms with Gasteiger partial charge < -0.3 is 14.8 Å². The number of para-hydroxylation sites is 1. The highest BCUT2D eigenvalue weighted by atomic mass is 32.2. The standard InChI is InChI=1S/C16H24N2O5S/c1-12(23-11-13-7-6-10-22-13)16(19)17-14-8-4-5-9-15(14)24(20,21)18(2)3/h4-5,8-9,12-13H,6-7,10-11H2,1-3H3,(H,17,19). The number of anilines is 1. The van der Waals surface area contributed by atoms with Crippen LogP contribution in [-0.2, 0) is 24.3 Å². The number of benzene rings is 1. The molecule has 1 aliphatic heterocycles. The van der Waals surface area contributed by atoms with Crippen molar-refractivity contribution < 1.29 is 22.7 Å². The minimum atomic E-state index is -3.65. The SMILES string of the molecule is CC(OCC1CCCO1)C(=O)Nc1ccccc1S(=O)(=O)N(C)C. The zero-order valence-electron chi connectivity index (χ0n) is 14.2. The molecule has 0 aromatic heterocycles. The maximum atomic E-state index is 12.3. The molecule has 0 spiro atoms. The number of hydrogen-bond donors (Lipinski definition) is 1. The molecule has 1 saturated heterocycles. The lowest BCUT2D eigenvalue weighted by atomic mass is 10.2. The van der Waals surface area contributed by atoms with Gasteiger partial charge in [-0.1, -0.05) is 12.1 Å². The maximum Gasteiger partial charge on any atom is 0.253 e. The van der Waals surface area contributed by atoms with Crippen LogP contribution in [0, 0.1) is 0 Å². The molecule has 0 bridgehead atoms. The number of nitrogens with one attached hydrogen (secondary N) is 1. The lowest BCUT2D eigenvalue weighted by molar-refractivity contribution is -0.128. The molecule has 2 atom stereocenters. The van der Waals surface area contributed by atoms with Gasteiger partial charge in [-0.25, -0.2) is 12.7 Å². The number of hydrogen-bond acceptors (Lipinski definition) is 5. The van der Waals surface area contributed by atoms with Crippen molar-refractivity contribution in [1.29, 1.82) is 0 Å². The van der Waals surface area contributed by atoms with Gasteiger partial charge in [-0.15, -0.1) is 0 Å². The topological polar surface area (TPSA) is 84.9 Å². The number of ether oxygens (including phenoxy) is 2. The summed E-state index contributed by atoms with van der Waals surface area (Å²) in [7, 11) is -0.755. The van der Waals surface area contributed by atoms with Crippen molar-refractivity contribution in [2.45, 2.75) is 36.9 Å². The Kier molecular flexibility index (Phi) is 6.34. The summed E-state index contributed by atoms with van der Waals surface area (Å²) in [5.74, 6) is -0.394.